The van der Waals surface area contributed by atoms with Gasteiger partial charge < -0.3 is 14.8 Å². The normalized spacial score (nSPS) is 10.2. The van der Waals surface area contributed by atoms with E-state index in [1.54, 1.807) is 38.1 Å². The number of benzene rings is 2. The second-order valence-electron chi connectivity index (χ2n) is 5.97. The smallest absolute Gasteiger partial charge is 0.344 e. The highest BCUT2D eigenvalue weighted by molar-refractivity contribution is 5.96. The number of carbonyl (C=O) groups excluding carboxylic acids is 2. The average Bonchev–Trinajstić information content (AvgIpc) is 2.62. The molecule has 142 valence electrons. The first-order valence-electron chi connectivity index (χ1n) is 8.17. The van der Waals surface area contributed by atoms with Gasteiger partial charge in [-0.1, -0.05) is 18.2 Å². The third-order valence-electron chi connectivity index (χ3n) is 3.89. The van der Waals surface area contributed by atoms with Crippen LogP contribution in [-0.4, -0.2) is 30.0 Å². The van der Waals surface area contributed by atoms with Gasteiger partial charge in [-0.2, -0.15) is 0 Å². The van der Waals surface area contributed by atoms with Crippen molar-refractivity contribution in [3.8, 4) is 5.75 Å². The van der Waals surface area contributed by atoms with Gasteiger partial charge >= 0.3 is 5.97 Å². The number of amides is 1. The van der Waals surface area contributed by atoms with Crippen LogP contribution in [0.15, 0.2) is 36.4 Å². The first kappa shape index (κ1) is 19.9. The summed E-state index contributed by atoms with van der Waals surface area (Å²) < 4.78 is 10.1. The summed E-state index contributed by atoms with van der Waals surface area (Å²) in [5, 5.41) is 13.6. The lowest BCUT2D eigenvalue weighted by Crippen LogP contribution is -2.24. The molecule has 0 saturated carbocycles. The summed E-state index contributed by atoms with van der Waals surface area (Å²) in [7, 11) is 0. The Morgan fingerprint density at radius 1 is 1.11 bits per heavy atom. The Morgan fingerprint density at radius 3 is 2.52 bits per heavy atom. The molecule has 0 heterocycles. The minimum atomic E-state index is -0.720. The Morgan fingerprint density at radius 2 is 1.85 bits per heavy atom. The van der Waals surface area contributed by atoms with E-state index >= 15 is 0 Å². The van der Waals surface area contributed by atoms with Crippen molar-refractivity contribution in [2.75, 3.05) is 18.5 Å². The van der Waals surface area contributed by atoms with Crippen molar-refractivity contribution in [3.05, 3.63) is 63.2 Å². The van der Waals surface area contributed by atoms with Crippen LogP contribution in [0, 0.1) is 30.9 Å². The Balaban J connectivity index is 1.90. The van der Waals surface area contributed by atoms with Gasteiger partial charge in [-0.3, -0.25) is 14.9 Å². The Kier molecular flexibility index (Phi) is 6.48. The molecule has 1 N–H and O–H groups in total. The van der Waals surface area contributed by atoms with Gasteiger partial charge in [0.25, 0.3) is 11.6 Å². The van der Waals surface area contributed by atoms with Crippen LogP contribution in [0.5, 0.6) is 5.75 Å². The quantitative estimate of drug-likeness (QED) is 0.455. The molecule has 0 radical (unpaired) electrons. The lowest BCUT2D eigenvalue weighted by Gasteiger charge is -2.11. The van der Waals surface area contributed by atoms with E-state index in [1.807, 2.05) is 13.0 Å². The SMILES string of the molecule is Cc1cccc(OCC(=O)OCC(=O)Nc2c([N+](=O)[O-])ccc(C)c2C)c1. The summed E-state index contributed by atoms with van der Waals surface area (Å²) in [6, 6.07) is 10.1. The number of nitro benzene ring substituents is 1. The van der Waals surface area contributed by atoms with E-state index in [2.05, 4.69) is 5.32 Å². The van der Waals surface area contributed by atoms with Gasteiger partial charge in [0.15, 0.2) is 13.2 Å². The molecule has 8 nitrogen and oxygen atoms in total. The van der Waals surface area contributed by atoms with E-state index in [-0.39, 0.29) is 18.0 Å². The van der Waals surface area contributed by atoms with Crippen LogP contribution >= 0.6 is 0 Å². The Labute approximate surface area is 156 Å². The van der Waals surface area contributed by atoms with Crippen LogP contribution < -0.4 is 10.1 Å². The maximum Gasteiger partial charge on any atom is 0.344 e. The number of nitrogens with zero attached hydrogens (tertiary/aromatic N) is 1. The highest BCUT2D eigenvalue weighted by Gasteiger charge is 2.20. The molecule has 2 aromatic rings. The number of carbonyl (C=O) groups is 2. The van der Waals surface area contributed by atoms with E-state index in [9.17, 15) is 19.7 Å². The number of nitro groups is 1. The van der Waals surface area contributed by atoms with Gasteiger partial charge in [-0.25, -0.2) is 4.79 Å². The van der Waals surface area contributed by atoms with Crippen molar-refractivity contribution >= 4 is 23.3 Å². The molecular weight excluding hydrogens is 352 g/mol. The molecule has 1 amide bonds. The molecule has 0 atom stereocenters. The molecule has 0 aromatic heterocycles. The lowest BCUT2D eigenvalue weighted by molar-refractivity contribution is -0.384. The Hall–Kier alpha value is -3.42. The molecule has 2 rings (SSSR count). The predicted octanol–water partition coefficient (Wildman–Crippen LogP) is 3.08. The van der Waals surface area contributed by atoms with Gasteiger partial charge in [-0.05, 0) is 49.6 Å². The molecule has 0 aliphatic carbocycles. The number of hydrogen-bond acceptors (Lipinski definition) is 6. The van der Waals surface area contributed by atoms with Crippen LogP contribution in [0.25, 0.3) is 0 Å². The van der Waals surface area contributed by atoms with Crippen LogP contribution in [0.1, 0.15) is 16.7 Å². The number of aryl methyl sites for hydroxylation is 2. The molecule has 0 saturated heterocycles. The van der Waals surface area contributed by atoms with Crippen molar-refractivity contribution in [1.82, 2.24) is 0 Å². The molecular formula is C19H20N2O6. The second kappa shape index (κ2) is 8.79. The maximum atomic E-state index is 12.0. The minimum Gasteiger partial charge on any atom is -0.482 e. The van der Waals surface area contributed by atoms with Gasteiger partial charge in [0.1, 0.15) is 11.4 Å². The standard InChI is InChI=1S/C19H20N2O6/c1-12-5-4-6-15(9-12)26-11-18(23)27-10-17(22)20-19-14(3)13(2)7-8-16(19)21(24)25/h4-9H,10-11H2,1-3H3,(H,20,22). The monoisotopic (exact) mass is 372 g/mol. The molecule has 8 heteroatoms. The summed E-state index contributed by atoms with van der Waals surface area (Å²) in [5.41, 5.74) is 2.22. The number of nitrogens with one attached hydrogen (secondary N) is 1. The van der Waals surface area contributed by atoms with Crippen molar-refractivity contribution in [2.24, 2.45) is 0 Å². The molecule has 0 unspecified atom stereocenters. The van der Waals surface area contributed by atoms with Crippen molar-refractivity contribution < 1.29 is 24.0 Å². The summed E-state index contributed by atoms with van der Waals surface area (Å²) in [6.45, 7) is 4.42. The lowest BCUT2D eigenvalue weighted by atomic mass is 10.1. The number of rotatable bonds is 7. The van der Waals surface area contributed by atoms with E-state index in [0.717, 1.165) is 11.1 Å². The second-order valence-corrected chi connectivity index (χ2v) is 5.97. The van der Waals surface area contributed by atoms with E-state index in [0.29, 0.717) is 11.3 Å². The van der Waals surface area contributed by atoms with Crippen LogP contribution in [-0.2, 0) is 14.3 Å². The molecule has 0 fully saturated rings. The zero-order valence-electron chi connectivity index (χ0n) is 15.3. The topological polar surface area (TPSA) is 108 Å². The largest absolute Gasteiger partial charge is 0.482 e. The molecule has 27 heavy (non-hydrogen) atoms. The highest BCUT2D eigenvalue weighted by Crippen LogP contribution is 2.30. The zero-order chi connectivity index (χ0) is 20.0. The van der Waals surface area contributed by atoms with Crippen LogP contribution in [0.3, 0.4) is 0 Å². The fourth-order valence-electron chi connectivity index (χ4n) is 2.32. The van der Waals surface area contributed by atoms with Crippen molar-refractivity contribution in [3.63, 3.8) is 0 Å². The maximum absolute atomic E-state index is 12.0. The van der Waals surface area contributed by atoms with Crippen LogP contribution in [0.2, 0.25) is 0 Å². The third-order valence-corrected chi connectivity index (χ3v) is 3.89. The number of anilines is 1. The first-order valence-corrected chi connectivity index (χ1v) is 8.17. The first-order chi connectivity index (χ1) is 12.8. The summed E-state index contributed by atoms with van der Waals surface area (Å²) in [5.74, 6) is -0.875. The fourth-order valence-corrected chi connectivity index (χ4v) is 2.32. The molecule has 0 aliphatic rings. The Bertz CT molecular complexity index is 878. The minimum absolute atomic E-state index is 0.0945. The number of ether oxygens (including phenoxy) is 2. The number of esters is 1. The van der Waals surface area contributed by atoms with Gasteiger partial charge in [0.2, 0.25) is 0 Å². The van der Waals surface area contributed by atoms with E-state index in [1.165, 1.54) is 6.07 Å². The summed E-state index contributed by atoms with van der Waals surface area (Å²) >= 11 is 0. The van der Waals surface area contributed by atoms with Crippen molar-refractivity contribution in [2.45, 2.75) is 20.8 Å². The number of hydrogen-bond donors (Lipinski definition) is 1. The van der Waals surface area contributed by atoms with Crippen LogP contribution in [0.4, 0.5) is 11.4 Å². The van der Waals surface area contributed by atoms with Gasteiger partial charge in [-0.15, -0.1) is 0 Å². The van der Waals surface area contributed by atoms with E-state index < -0.39 is 23.4 Å². The molecule has 0 bridgehead atoms. The highest BCUT2D eigenvalue weighted by atomic mass is 16.6. The zero-order valence-corrected chi connectivity index (χ0v) is 15.3. The average molecular weight is 372 g/mol. The van der Waals surface area contributed by atoms with Gasteiger partial charge in [0.05, 0.1) is 4.92 Å². The van der Waals surface area contributed by atoms with E-state index in [4.69, 9.17) is 9.47 Å². The fraction of sp³-hybridized carbons (Fsp3) is 0.263. The van der Waals surface area contributed by atoms with Crippen molar-refractivity contribution in [1.29, 1.82) is 0 Å². The predicted molar refractivity (Wildman–Crippen MR) is 98.8 cm³/mol. The van der Waals surface area contributed by atoms with Gasteiger partial charge in [0, 0.05) is 6.07 Å². The molecule has 0 aliphatic heterocycles. The molecule has 0 spiro atoms. The summed E-state index contributed by atoms with van der Waals surface area (Å²) in [4.78, 5) is 34.3. The summed E-state index contributed by atoms with van der Waals surface area (Å²) in [6.07, 6.45) is 0. The molecule has 2 aromatic carbocycles. The third kappa shape index (κ3) is 5.53.